The minimum Gasteiger partial charge on any atom is -0.496 e. The number of aryl methyl sites for hydroxylation is 1. The van der Waals surface area contributed by atoms with Crippen LogP contribution in [0.25, 0.3) is 0 Å². The molecule has 0 saturated carbocycles. The summed E-state index contributed by atoms with van der Waals surface area (Å²) in [5.74, 6) is 6.39. The van der Waals surface area contributed by atoms with Gasteiger partial charge in [0.25, 0.3) is 0 Å². The zero-order chi connectivity index (χ0) is 12.1. The van der Waals surface area contributed by atoms with Crippen molar-refractivity contribution in [2.24, 2.45) is 5.84 Å². The second kappa shape index (κ2) is 5.84. The van der Waals surface area contributed by atoms with Crippen molar-refractivity contribution in [1.29, 1.82) is 0 Å². The Morgan fingerprint density at radius 1 is 1.31 bits per heavy atom. The Balaban J connectivity index is 3.11. The number of hydrogen-bond acceptors (Lipinski definition) is 4. The Hall–Kier alpha value is -1.10. The van der Waals surface area contributed by atoms with E-state index in [-0.39, 0.29) is 12.1 Å². The standard InChI is InChI=1S/C12H20N2O2/c1-8-5-6-11(16-4)10(7-8)12(14-13)9(2)15-3/h5-7,9,12,14H,13H2,1-4H3. The Bertz CT molecular complexity index is 342. The molecule has 0 fully saturated rings. The normalized spacial score (nSPS) is 14.6. The predicted octanol–water partition coefficient (Wildman–Crippen LogP) is 1.54. The van der Waals surface area contributed by atoms with E-state index in [1.54, 1.807) is 14.2 Å². The largest absolute Gasteiger partial charge is 0.496 e. The van der Waals surface area contributed by atoms with Crippen molar-refractivity contribution in [3.05, 3.63) is 29.3 Å². The van der Waals surface area contributed by atoms with Crippen LogP contribution in [0.1, 0.15) is 24.1 Å². The van der Waals surface area contributed by atoms with Crippen molar-refractivity contribution in [3.63, 3.8) is 0 Å². The highest BCUT2D eigenvalue weighted by Gasteiger charge is 2.21. The first kappa shape index (κ1) is 13.0. The SMILES string of the molecule is COc1ccc(C)cc1C(NN)C(C)OC. The first-order chi connectivity index (χ1) is 7.63. The number of ether oxygens (including phenoxy) is 2. The molecule has 1 aromatic rings. The third-order valence-electron chi connectivity index (χ3n) is 2.74. The second-order valence-electron chi connectivity index (χ2n) is 3.83. The molecule has 1 rings (SSSR count). The van der Waals surface area contributed by atoms with Crippen molar-refractivity contribution in [2.75, 3.05) is 14.2 Å². The predicted molar refractivity (Wildman–Crippen MR) is 64.3 cm³/mol. The van der Waals surface area contributed by atoms with Crippen LogP contribution in [-0.2, 0) is 4.74 Å². The Labute approximate surface area is 96.7 Å². The average molecular weight is 224 g/mol. The maximum absolute atomic E-state index is 5.57. The fourth-order valence-corrected chi connectivity index (χ4v) is 1.71. The number of hydrogen-bond donors (Lipinski definition) is 2. The summed E-state index contributed by atoms with van der Waals surface area (Å²) in [5.41, 5.74) is 4.95. The van der Waals surface area contributed by atoms with Gasteiger partial charge in [-0.25, -0.2) is 0 Å². The van der Waals surface area contributed by atoms with Crippen LogP contribution in [0.15, 0.2) is 18.2 Å². The molecule has 0 radical (unpaired) electrons. The Morgan fingerprint density at radius 3 is 2.50 bits per heavy atom. The maximum Gasteiger partial charge on any atom is 0.123 e. The highest BCUT2D eigenvalue weighted by Crippen LogP contribution is 2.28. The molecule has 0 aromatic heterocycles. The molecule has 90 valence electrons. The smallest absolute Gasteiger partial charge is 0.123 e. The number of methoxy groups -OCH3 is 2. The van der Waals surface area contributed by atoms with Gasteiger partial charge >= 0.3 is 0 Å². The fourth-order valence-electron chi connectivity index (χ4n) is 1.71. The molecule has 2 unspecified atom stereocenters. The number of rotatable bonds is 5. The summed E-state index contributed by atoms with van der Waals surface area (Å²) in [7, 11) is 3.32. The third-order valence-corrected chi connectivity index (χ3v) is 2.74. The van der Waals surface area contributed by atoms with Gasteiger partial charge in [0.05, 0.1) is 19.3 Å². The second-order valence-corrected chi connectivity index (χ2v) is 3.83. The van der Waals surface area contributed by atoms with Crippen LogP contribution in [0.5, 0.6) is 5.75 Å². The molecule has 0 amide bonds. The van der Waals surface area contributed by atoms with Crippen LogP contribution < -0.4 is 16.0 Å². The molecule has 3 N–H and O–H groups in total. The lowest BCUT2D eigenvalue weighted by Crippen LogP contribution is -2.36. The number of nitrogens with two attached hydrogens (primary N) is 1. The van der Waals surface area contributed by atoms with Crippen molar-refractivity contribution in [2.45, 2.75) is 26.0 Å². The minimum atomic E-state index is -0.0835. The maximum atomic E-state index is 5.57. The van der Waals surface area contributed by atoms with Crippen LogP contribution in [0.4, 0.5) is 0 Å². The molecule has 0 aliphatic carbocycles. The molecule has 4 heteroatoms. The molecule has 2 atom stereocenters. The molecule has 0 aliphatic rings. The summed E-state index contributed by atoms with van der Waals surface area (Å²) >= 11 is 0. The van der Waals surface area contributed by atoms with E-state index in [2.05, 4.69) is 11.5 Å². The number of benzene rings is 1. The van der Waals surface area contributed by atoms with E-state index < -0.39 is 0 Å². The van der Waals surface area contributed by atoms with E-state index in [4.69, 9.17) is 15.3 Å². The molecule has 0 aliphatic heterocycles. The van der Waals surface area contributed by atoms with Crippen LogP contribution in [0, 0.1) is 6.92 Å². The summed E-state index contributed by atoms with van der Waals surface area (Å²) in [6.45, 7) is 4.00. The molecule has 0 saturated heterocycles. The van der Waals surface area contributed by atoms with Gasteiger partial charge in [0.1, 0.15) is 5.75 Å². The quantitative estimate of drug-likeness (QED) is 0.588. The number of hydrazine groups is 1. The first-order valence-electron chi connectivity index (χ1n) is 5.27. The average Bonchev–Trinajstić information content (AvgIpc) is 2.30. The van der Waals surface area contributed by atoms with Crippen LogP contribution >= 0.6 is 0 Å². The lowest BCUT2D eigenvalue weighted by Gasteiger charge is -2.24. The lowest BCUT2D eigenvalue weighted by molar-refractivity contribution is 0.0821. The van der Waals surface area contributed by atoms with Crippen molar-refractivity contribution in [1.82, 2.24) is 5.43 Å². The molecule has 1 aromatic carbocycles. The van der Waals surface area contributed by atoms with Gasteiger partial charge in [-0.05, 0) is 19.9 Å². The van der Waals surface area contributed by atoms with Gasteiger partial charge in [-0.1, -0.05) is 17.7 Å². The van der Waals surface area contributed by atoms with Gasteiger partial charge in [0, 0.05) is 12.7 Å². The van der Waals surface area contributed by atoms with E-state index in [1.807, 2.05) is 26.0 Å². The summed E-state index contributed by atoms with van der Waals surface area (Å²) in [4.78, 5) is 0. The van der Waals surface area contributed by atoms with E-state index >= 15 is 0 Å². The van der Waals surface area contributed by atoms with E-state index in [9.17, 15) is 0 Å². The highest BCUT2D eigenvalue weighted by molar-refractivity contribution is 5.39. The zero-order valence-corrected chi connectivity index (χ0v) is 10.3. The van der Waals surface area contributed by atoms with Gasteiger partial charge in [-0.15, -0.1) is 0 Å². The van der Waals surface area contributed by atoms with Crippen molar-refractivity contribution in [3.8, 4) is 5.75 Å². The zero-order valence-electron chi connectivity index (χ0n) is 10.3. The van der Waals surface area contributed by atoms with Gasteiger partial charge in [0.15, 0.2) is 0 Å². The molecular weight excluding hydrogens is 204 g/mol. The van der Waals surface area contributed by atoms with E-state index in [0.29, 0.717) is 0 Å². The number of nitrogens with one attached hydrogen (secondary N) is 1. The van der Waals surface area contributed by atoms with Crippen molar-refractivity contribution < 1.29 is 9.47 Å². The molecule has 0 spiro atoms. The summed E-state index contributed by atoms with van der Waals surface area (Å²) in [6, 6.07) is 5.92. The third kappa shape index (κ3) is 2.72. The van der Waals surface area contributed by atoms with Gasteiger partial charge < -0.3 is 9.47 Å². The minimum absolute atomic E-state index is 0.0271. The first-order valence-corrected chi connectivity index (χ1v) is 5.27. The fraction of sp³-hybridized carbons (Fsp3) is 0.500. The van der Waals surface area contributed by atoms with Crippen LogP contribution in [0.2, 0.25) is 0 Å². The molecule has 16 heavy (non-hydrogen) atoms. The Morgan fingerprint density at radius 2 is 2.00 bits per heavy atom. The molecule has 4 nitrogen and oxygen atoms in total. The Kier molecular flexibility index (Phi) is 4.73. The summed E-state index contributed by atoms with van der Waals surface area (Å²) in [6.07, 6.45) is -0.0271. The van der Waals surface area contributed by atoms with Crippen LogP contribution in [0.3, 0.4) is 0 Å². The van der Waals surface area contributed by atoms with Crippen molar-refractivity contribution >= 4 is 0 Å². The van der Waals surface area contributed by atoms with Gasteiger partial charge in [-0.3, -0.25) is 11.3 Å². The van der Waals surface area contributed by atoms with E-state index in [0.717, 1.165) is 11.3 Å². The summed E-state index contributed by atoms with van der Waals surface area (Å²) < 4.78 is 10.6. The van der Waals surface area contributed by atoms with E-state index in [1.165, 1.54) is 5.56 Å². The molecule has 0 heterocycles. The molecule has 0 bridgehead atoms. The van der Waals surface area contributed by atoms with Crippen LogP contribution in [-0.4, -0.2) is 20.3 Å². The molecular formula is C12H20N2O2. The van der Waals surface area contributed by atoms with Gasteiger partial charge in [0.2, 0.25) is 0 Å². The van der Waals surface area contributed by atoms with Gasteiger partial charge in [-0.2, -0.15) is 0 Å². The monoisotopic (exact) mass is 224 g/mol. The summed E-state index contributed by atoms with van der Waals surface area (Å²) in [5, 5.41) is 0. The topological polar surface area (TPSA) is 56.5 Å². The lowest BCUT2D eigenvalue weighted by atomic mass is 10.00. The highest BCUT2D eigenvalue weighted by atomic mass is 16.5.